The Morgan fingerprint density at radius 1 is 1.24 bits per heavy atom. The summed E-state index contributed by atoms with van der Waals surface area (Å²) in [6, 6.07) is 1.65. The highest BCUT2D eigenvalue weighted by Gasteiger charge is 2.11. The number of nitrogens with one attached hydrogen (secondary N) is 2. The molecule has 2 N–H and O–H groups in total. The molecular formula is C18H29N5O2. The highest BCUT2D eigenvalue weighted by molar-refractivity contribution is 5.88. The second-order valence-corrected chi connectivity index (χ2v) is 6.66. The molecule has 1 saturated heterocycles. The number of urea groups is 1. The lowest BCUT2D eigenvalue weighted by Crippen LogP contribution is -2.38. The summed E-state index contributed by atoms with van der Waals surface area (Å²) in [6.45, 7) is 6.01. The molecule has 25 heavy (non-hydrogen) atoms. The van der Waals surface area contributed by atoms with Crippen LogP contribution in [0.15, 0.2) is 23.9 Å². The predicted octanol–water partition coefficient (Wildman–Crippen LogP) is 2.23. The van der Waals surface area contributed by atoms with Gasteiger partial charge in [-0.15, -0.1) is 0 Å². The molecule has 1 aliphatic heterocycles. The van der Waals surface area contributed by atoms with Crippen LogP contribution in [0.3, 0.4) is 0 Å². The molecule has 7 nitrogen and oxygen atoms in total. The van der Waals surface area contributed by atoms with E-state index in [1.807, 2.05) is 16.9 Å². The third-order valence-corrected chi connectivity index (χ3v) is 4.75. The standard InChI is InChI=1S/C18H29N5O2/c24-18(19-8-6-16-4-2-1-3-5-16)20-17-7-9-23(21-17)11-10-22-12-14-25-15-13-22/h4,7,9H,1-3,5-6,8,10-15H2,(H2,19,20,21,24). The molecule has 0 bridgehead atoms. The Kier molecular flexibility index (Phi) is 6.88. The average molecular weight is 347 g/mol. The van der Waals surface area contributed by atoms with Crippen molar-refractivity contribution in [2.24, 2.45) is 0 Å². The summed E-state index contributed by atoms with van der Waals surface area (Å²) in [5.74, 6) is 0.594. The first-order valence-corrected chi connectivity index (χ1v) is 9.36. The number of carbonyl (C=O) groups excluding carboxylic acids is 1. The van der Waals surface area contributed by atoms with Crippen LogP contribution in [0.4, 0.5) is 10.6 Å². The number of nitrogens with zero attached hydrogens (tertiary/aromatic N) is 3. The number of hydrogen-bond donors (Lipinski definition) is 2. The van der Waals surface area contributed by atoms with Crippen LogP contribution >= 0.6 is 0 Å². The zero-order valence-electron chi connectivity index (χ0n) is 14.9. The molecule has 2 aliphatic rings. The topological polar surface area (TPSA) is 71.4 Å². The smallest absolute Gasteiger partial charge is 0.320 e. The van der Waals surface area contributed by atoms with E-state index in [4.69, 9.17) is 4.74 Å². The fourth-order valence-electron chi connectivity index (χ4n) is 3.25. The Morgan fingerprint density at radius 2 is 2.12 bits per heavy atom. The zero-order chi connectivity index (χ0) is 17.3. The zero-order valence-corrected chi connectivity index (χ0v) is 14.9. The Labute approximate surface area is 149 Å². The van der Waals surface area contributed by atoms with Crippen molar-refractivity contribution in [3.8, 4) is 0 Å². The molecule has 0 spiro atoms. The first kappa shape index (κ1) is 17.9. The molecule has 2 heterocycles. The van der Waals surface area contributed by atoms with Crippen molar-refractivity contribution >= 4 is 11.8 Å². The van der Waals surface area contributed by atoms with Gasteiger partial charge in [-0.05, 0) is 32.1 Å². The van der Waals surface area contributed by atoms with Gasteiger partial charge in [-0.2, -0.15) is 5.10 Å². The Bertz CT molecular complexity index is 578. The molecule has 1 fully saturated rings. The number of anilines is 1. The third kappa shape index (κ3) is 6.17. The molecule has 0 saturated carbocycles. The first-order chi connectivity index (χ1) is 12.3. The lowest BCUT2D eigenvalue weighted by Gasteiger charge is -2.26. The minimum absolute atomic E-state index is 0.185. The van der Waals surface area contributed by atoms with Crippen molar-refractivity contribution in [1.82, 2.24) is 20.0 Å². The van der Waals surface area contributed by atoms with E-state index < -0.39 is 0 Å². The summed E-state index contributed by atoms with van der Waals surface area (Å²) in [5, 5.41) is 10.1. The third-order valence-electron chi connectivity index (χ3n) is 4.75. The normalized spacial score (nSPS) is 18.6. The summed E-state index contributed by atoms with van der Waals surface area (Å²) in [5.41, 5.74) is 1.47. The fraction of sp³-hybridized carbons (Fsp3) is 0.667. The number of ether oxygens (including phenoxy) is 1. The SMILES string of the molecule is O=C(NCCC1=CCCCC1)Nc1ccn(CCN2CCOCC2)n1. The molecule has 0 unspecified atom stereocenters. The number of allylic oxidation sites excluding steroid dienone is 1. The molecule has 1 aromatic rings. The second kappa shape index (κ2) is 9.58. The van der Waals surface area contributed by atoms with Crippen LogP contribution in [0.5, 0.6) is 0 Å². The van der Waals surface area contributed by atoms with Gasteiger partial charge >= 0.3 is 6.03 Å². The van der Waals surface area contributed by atoms with Gasteiger partial charge in [0.1, 0.15) is 0 Å². The van der Waals surface area contributed by atoms with Gasteiger partial charge in [-0.1, -0.05) is 11.6 Å². The summed E-state index contributed by atoms with van der Waals surface area (Å²) in [4.78, 5) is 14.3. The van der Waals surface area contributed by atoms with Crippen LogP contribution in [0.25, 0.3) is 0 Å². The largest absolute Gasteiger partial charge is 0.379 e. The van der Waals surface area contributed by atoms with Gasteiger partial charge in [0.2, 0.25) is 0 Å². The van der Waals surface area contributed by atoms with E-state index in [9.17, 15) is 4.79 Å². The highest BCUT2D eigenvalue weighted by atomic mass is 16.5. The fourth-order valence-corrected chi connectivity index (χ4v) is 3.25. The molecule has 1 aromatic heterocycles. The molecule has 0 radical (unpaired) electrons. The summed E-state index contributed by atoms with van der Waals surface area (Å²) >= 11 is 0. The molecule has 138 valence electrons. The number of rotatable bonds is 7. The van der Waals surface area contributed by atoms with Crippen LogP contribution in [0, 0.1) is 0 Å². The van der Waals surface area contributed by atoms with Crippen molar-refractivity contribution in [3.05, 3.63) is 23.9 Å². The summed E-state index contributed by atoms with van der Waals surface area (Å²) < 4.78 is 7.22. The van der Waals surface area contributed by atoms with Gasteiger partial charge in [0.25, 0.3) is 0 Å². The highest BCUT2D eigenvalue weighted by Crippen LogP contribution is 2.19. The van der Waals surface area contributed by atoms with E-state index in [1.165, 1.54) is 31.3 Å². The number of aromatic nitrogens is 2. The Morgan fingerprint density at radius 3 is 2.92 bits per heavy atom. The van der Waals surface area contributed by atoms with Gasteiger partial charge in [0, 0.05) is 38.4 Å². The van der Waals surface area contributed by atoms with Gasteiger partial charge in [-0.3, -0.25) is 14.9 Å². The number of amides is 2. The van der Waals surface area contributed by atoms with E-state index in [0.717, 1.165) is 45.8 Å². The quantitative estimate of drug-likeness (QED) is 0.742. The van der Waals surface area contributed by atoms with Crippen molar-refractivity contribution in [2.75, 3.05) is 44.7 Å². The van der Waals surface area contributed by atoms with Crippen LogP contribution in [0.1, 0.15) is 32.1 Å². The van der Waals surface area contributed by atoms with E-state index >= 15 is 0 Å². The predicted molar refractivity (Wildman–Crippen MR) is 97.7 cm³/mol. The maximum absolute atomic E-state index is 12.0. The van der Waals surface area contributed by atoms with Gasteiger partial charge in [0.15, 0.2) is 5.82 Å². The van der Waals surface area contributed by atoms with Crippen molar-refractivity contribution in [3.63, 3.8) is 0 Å². The molecule has 1 aliphatic carbocycles. The van der Waals surface area contributed by atoms with Crippen LogP contribution in [-0.4, -0.2) is 60.1 Å². The summed E-state index contributed by atoms with van der Waals surface area (Å²) in [6.07, 6.45) is 10.1. The minimum atomic E-state index is -0.185. The van der Waals surface area contributed by atoms with Crippen molar-refractivity contribution in [1.29, 1.82) is 0 Å². The average Bonchev–Trinajstić information content (AvgIpc) is 3.09. The Hall–Kier alpha value is -1.86. The van der Waals surface area contributed by atoms with Crippen LogP contribution in [-0.2, 0) is 11.3 Å². The number of carbonyl (C=O) groups is 1. The van der Waals surface area contributed by atoms with E-state index in [0.29, 0.717) is 12.4 Å². The van der Waals surface area contributed by atoms with Crippen LogP contribution < -0.4 is 10.6 Å². The molecule has 7 heteroatoms. The maximum atomic E-state index is 12.0. The van der Waals surface area contributed by atoms with Gasteiger partial charge in [0.05, 0.1) is 19.8 Å². The lowest BCUT2D eigenvalue weighted by atomic mass is 9.97. The summed E-state index contributed by atoms with van der Waals surface area (Å²) in [7, 11) is 0. The maximum Gasteiger partial charge on any atom is 0.320 e. The molecule has 0 atom stereocenters. The molecule has 3 rings (SSSR count). The second-order valence-electron chi connectivity index (χ2n) is 6.66. The number of hydrogen-bond acceptors (Lipinski definition) is 4. The Balaban J connectivity index is 1.34. The van der Waals surface area contributed by atoms with E-state index in [1.54, 1.807) is 0 Å². The first-order valence-electron chi connectivity index (χ1n) is 9.36. The van der Waals surface area contributed by atoms with Crippen molar-refractivity contribution < 1.29 is 9.53 Å². The van der Waals surface area contributed by atoms with E-state index in [-0.39, 0.29) is 6.03 Å². The van der Waals surface area contributed by atoms with Crippen molar-refractivity contribution in [2.45, 2.75) is 38.6 Å². The number of morpholine rings is 1. The van der Waals surface area contributed by atoms with E-state index in [2.05, 4.69) is 26.7 Å². The van der Waals surface area contributed by atoms with Crippen LogP contribution in [0.2, 0.25) is 0 Å². The van der Waals surface area contributed by atoms with Gasteiger partial charge in [-0.25, -0.2) is 4.79 Å². The molecule has 2 amide bonds. The minimum Gasteiger partial charge on any atom is -0.379 e. The molecular weight excluding hydrogens is 318 g/mol. The van der Waals surface area contributed by atoms with Gasteiger partial charge < -0.3 is 10.1 Å². The molecule has 0 aromatic carbocycles. The monoisotopic (exact) mass is 347 g/mol. The lowest BCUT2D eigenvalue weighted by molar-refractivity contribution is 0.0360.